The van der Waals surface area contributed by atoms with E-state index in [1.165, 1.54) is 18.4 Å². The first kappa shape index (κ1) is 13.9. The second-order valence-corrected chi connectivity index (χ2v) is 5.68. The van der Waals surface area contributed by atoms with Crippen molar-refractivity contribution in [2.45, 2.75) is 19.4 Å². The minimum Gasteiger partial charge on any atom is -0.496 e. The van der Waals surface area contributed by atoms with E-state index in [4.69, 9.17) is 9.47 Å². The van der Waals surface area contributed by atoms with Crippen LogP contribution in [0.25, 0.3) is 10.6 Å². The summed E-state index contributed by atoms with van der Waals surface area (Å²) in [5, 5.41) is 2.38. The molecule has 1 aliphatic heterocycles. The monoisotopic (exact) mass is 305 g/mol. The van der Waals surface area contributed by atoms with Gasteiger partial charge in [-0.25, -0.2) is 9.78 Å². The molecule has 1 aromatic heterocycles. The Balaban J connectivity index is 2.04. The molecule has 1 aromatic carbocycles. The quantitative estimate of drug-likeness (QED) is 0.816. The highest BCUT2D eigenvalue weighted by molar-refractivity contribution is 7.13. The number of hydrogen-bond acceptors (Lipinski definition) is 6. The average molecular weight is 305 g/mol. The van der Waals surface area contributed by atoms with E-state index in [0.29, 0.717) is 10.7 Å². The number of carbonyl (C=O) groups is 1. The summed E-state index contributed by atoms with van der Waals surface area (Å²) in [6, 6.07) is 3.91. The molecule has 0 amide bonds. The van der Waals surface area contributed by atoms with Crippen LogP contribution in [0.15, 0.2) is 17.5 Å². The lowest BCUT2D eigenvalue weighted by Gasteiger charge is -2.09. The minimum absolute atomic E-state index is 0.168. The van der Waals surface area contributed by atoms with Gasteiger partial charge in [0.25, 0.3) is 0 Å². The molecule has 1 unspecified atom stereocenters. The molecule has 0 N–H and O–H groups in total. The lowest BCUT2D eigenvalue weighted by Crippen LogP contribution is -2.05. The number of rotatable bonds is 3. The Morgan fingerprint density at radius 1 is 1.43 bits per heavy atom. The number of benzene rings is 1. The predicted molar refractivity (Wildman–Crippen MR) is 79.2 cm³/mol. The Bertz CT molecular complexity index is 695. The second-order valence-electron chi connectivity index (χ2n) is 4.82. The summed E-state index contributed by atoms with van der Waals surface area (Å²) >= 11 is 1.37. The van der Waals surface area contributed by atoms with Gasteiger partial charge >= 0.3 is 5.97 Å². The van der Waals surface area contributed by atoms with Crippen LogP contribution in [0.4, 0.5) is 0 Å². The van der Waals surface area contributed by atoms with E-state index in [1.807, 2.05) is 19.1 Å². The molecule has 0 saturated carbocycles. The normalized spacial score (nSPS) is 16.2. The molecule has 5 nitrogen and oxygen atoms in total. The van der Waals surface area contributed by atoms with E-state index in [2.05, 4.69) is 9.72 Å². The van der Waals surface area contributed by atoms with Crippen LogP contribution < -0.4 is 9.47 Å². The molecular formula is C15H15NO4S. The Morgan fingerprint density at radius 3 is 2.95 bits per heavy atom. The van der Waals surface area contributed by atoms with E-state index in [9.17, 15) is 4.79 Å². The SMILES string of the molecule is COC(=O)c1csc(-c2cc3c(cc2OC)CC(C)O3)n1. The molecule has 0 bridgehead atoms. The minimum atomic E-state index is -0.442. The summed E-state index contributed by atoms with van der Waals surface area (Å²) in [5.41, 5.74) is 2.26. The highest BCUT2D eigenvalue weighted by atomic mass is 32.1. The number of fused-ring (bicyclic) bond motifs is 1. The topological polar surface area (TPSA) is 57.7 Å². The lowest BCUT2D eigenvalue weighted by atomic mass is 10.1. The Kier molecular flexibility index (Phi) is 3.55. The Morgan fingerprint density at radius 2 is 2.24 bits per heavy atom. The van der Waals surface area contributed by atoms with Crippen LogP contribution in [0, 0.1) is 0 Å². The van der Waals surface area contributed by atoms with Crippen LogP contribution >= 0.6 is 11.3 Å². The molecule has 2 heterocycles. The van der Waals surface area contributed by atoms with Gasteiger partial charge in [0.1, 0.15) is 22.6 Å². The summed E-state index contributed by atoms with van der Waals surface area (Å²) in [6.07, 6.45) is 1.04. The fraction of sp³-hybridized carbons (Fsp3) is 0.333. The van der Waals surface area contributed by atoms with E-state index < -0.39 is 5.97 Å². The van der Waals surface area contributed by atoms with Crippen molar-refractivity contribution in [3.05, 3.63) is 28.8 Å². The van der Waals surface area contributed by atoms with Crippen LogP contribution in [-0.2, 0) is 11.2 Å². The second kappa shape index (κ2) is 5.37. The number of aromatic nitrogens is 1. The van der Waals surface area contributed by atoms with Gasteiger partial charge < -0.3 is 14.2 Å². The van der Waals surface area contributed by atoms with Gasteiger partial charge in [0.15, 0.2) is 5.69 Å². The predicted octanol–water partition coefficient (Wildman–Crippen LogP) is 2.93. The summed E-state index contributed by atoms with van der Waals surface area (Å²) in [7, 11) is 2.96. The highest BCUT2D eigenvalue weighted by Crippen LogP contribution is 2.40. The zero-order valence-corrected chi connectivity index (χ0v) is 12.8. The molecule has 1 aliphatic rings. The van der Waals surface area contributed by atoms with Gasteiger partial charge in [-0.1, -0.05) is 0 Å². The molecule has 3 rings (SSSR count). The van der Waals surface area contributed by atoms with E-state index in [1.54, 1.807) is 12.5 Å². The third-order valence-corrected chi connectivity index (χ3v) is 4.22. The zero-order valence-electron chi connectivity index (χ0n) is 12.0. The molecule has 1 atom stereocenters. The molecule has 21 heavy (non-hydrogen) atoms. The fourth-order valence-electron chi connectivity index (χ4n) is 2.37. The maximum Gasteiger partial charge on any atom is 0.357 e. The van der Waals surface area contributed by atoms with Gasteiger partial charge in [-0.2, -0.15) is 0 Å². The van der Waals surface area contributed by atoms with E-state index in [-0.39, 0.29) is 6.10 Å². The summed E-state index contributed by atoms with van der Waals surface area (Å²) in [5.74, 6) is 1.15. The molecule has 6 heteroatoms. The van der Waals surface area contributed by atoms with E-state index in [0.717, 1.165) is 29.0 Å². The molecule has 0 saturated heterocycles. The van der Waals surface area contributed by atoms with Gasteiger partial charge in [0.2, 0.25) is 0 Å². The lowest BCUT2D eigenvalue weighted by molar-refractivity contribution is 0.0595. The molecular weight excluding hydrogens is 290 g/mol. The van der Waals surface area contributed by atoms with E-state index >= 15 is 0 Å². The number of thiazole rings is 1. The Labute approximate surface area is 126 Å². The third kappa shape index (κ3) is 2.47. The molecule has 2 aromatic rings. The van der Waals surface area contributed by atoms with Gasteiger partial charge in [-0.15, -0.1) is 11.3 Å². The zero-order chi connectivity index (χ0) is 15.0. The number of esters is 1. The number of carbonyl (C=O) groups excluding carboxylic acids is 1. The maximum atomic E-state index is 11.5. The number of methoxy groups -OCH3 is 2. The average Bonchev–Trinajstić information content (AvgIpc) is 3.09. The number of ether oxygens (including phenoxy) is 3. The van der Waals surface area contributed by atoms with Crippen molar-refractivity contribution >= 4 is 17.3 Å². The summed E-state index contributed by atoms with van der Waals surface area (Å²) in [6.45, 7) is 2.03. The van der Waals surface area contributed by atoms with Crippen LogP contribution in [-0.4, -0.2) is 31.3 Å². The van der Waals surface area contributed by atoms with Gasteiger partial charge in [0.05, 0.1) is 19.8 Å². The standard InChI is InChI=1S/C15H15NO4S/c1-8-4-9-5-13(18-2)10(6-12(9)20-8)14-16-11(7-21-14)15(17)19-3/h5-8H,4H2,1-3H3. The van der Waals surface area contributed by atoms with Crippen molar-refractivity contribution in [1.82, 2.24) is 4.98 Å². The van der Waals surface area contributed by atoms with Crippen LogP contribution in [0.2, 0.25) is 0 Å². The van der Waals surface area contributed by atoms with Crippen LogP contribution in [0.5, 0.6) is 11.5 Å². The first-order valence-corrected chi connectivity index (χ1v) is 7.42. The molecule has 0 spiro atoms. The molecule has 0 fully saturated rings. The van der Waals surface area contributed by atoms with Crippen molar-refractivity contribution in [2.75, 3.05) is 14.2 Å². The molecule has 0 radical (unpaired) electrons. The van der Waals surface area contributed by atoms with Crippen molar-refractivity contribution in [3.8, 4) is 22.1 Å². The first-order valence-electron chi connectivity index (χ1n) is 6.54. The van der Waals surface area contributed by atoms with Crippen molar-refractivity contribution in [1.29, 1.82) is 0 Å². The van der Waals surface area contributed by atoms with Gasteiger partial charge in [-0.3, -0.25) is 0 Å². The molecule has 110 valence electrons. The maximum absolute atomic E-state index is 11.5. The fourth-order valence-corrected chi connectivity index (χ4v) is 3.18. The van der Waals surface area contributed by atoms with Crippen molar-refractivity contribution < 1.29 is 19.0 Å². The third-order valence-electron chi connectivity index (χ3n) is 3.35. The smallest absolute Gasteiger partial charge is 0.357 e. The Hall–Kier alpha value is -2.08. The van der Waals surface area contributed by atoms with Crippen LogP contribution in [0.1, 0.15) is 23.0 Å². The van der Waals surface area contributed by atoms with Crippen molar-refractivity contribution in [3.63, 3.8) is 0 Å². The first-order chi connectivity index (χ1) is 10.1. The van der Waals surface area contributed by atoms with Gasteiger partial charge in [-0.05, 0) is 19.1 Å². The number of hydrogen-bond donors (Lipinski definition) is 0. The summed E-state index contributed by atoms with van der Waals surface area (Å²) in [4.78, 5) is 15.8. The largest absolute Gasteiger partial charge is 0.496 e. The summed E-state index contributed by atoms with van der Waals surface area (Å²) < 4.78 is 15.9. The molecule has 0 aliphatic carbocycles. The highest BCUT2D eigenvalue weighted by Gasteiger charge is 2.23. The van der Waals surface area contributed by atoms with Gasteiger partial charge in [0, 0.05) is 17.4 Å². The van der Waals surface area contributed by atoms with Crippen molar-refractivity contribution in [2.24, 2.45) is 0 Å². The number of nitrogens with zero attached hydrogens (tertiary/aromatic N) is 1. The van der Waals surface area contributed by atoms with Crippen LogP contribution in [0.3, 0.4) is 0 Å².